The Balaban J connectivity index is 1.62. The van der Waals surface area contributed by atoms with Crippen LogP contribution in [-0.4, -0.2) is 59.7 Å². The molecule has 11 heteroatoms. The third-order valence-electron chi connectivity index (χ3n) is 12.7. The first-order valence-corrected chi connectivity index (χ1v) is 16.8. The van der Waals surface area contributed by atoms with Crippen LogP contribution in [0.15, 0.2) is 34.7 Å². The molecule has 0 radical (unpaired) electrons. The topological polar surface area (TPSA) is 148 Å². The molecule has 0 aromatic carbocycles. The number of carbonyl (C=O) groups is 4. The third-order valence-corrected chi connectivity index (χ3v) is 12.7. The van der Waals surface area contributed by atoms with Gasteiger partial charge in [0.2, 0.25) is 0 Å². The fourth-order valence-corrected chi connectivity index (χ4v) is 10.1. The minimum absolute atomic E-state index is 0.0746. The summed E-state index contributed by atoms with van der Waals surface area (Å²) in [5.74, 6) is -7.18. The van der Waals surface area contributed by atoms with Crippen LogP contribution < -0.4 is 0 Å². The molecule has 47 heavy (non-hydrogen) atoms. The molecular weight excluding hydrogens is 608 g/mol. The van der Waals surface area contributed by atoms with Gasteiger partial charge in [0.1, 0.15) is 23.9 Å². The predicted molar refractivity (Wildman–Crippen MR) is 165 cm³/mol. The molecule has 2 saturated heterocycles. The lowest BCUT2D eigenvalue weighted by Gasteiger charge is -2.67. The first-order valence-electron chi connectivity index (χ1n) is 16.8. The maximum absolute atomic E-state index is 13.6. The second-order valence-corrected chi connectivity index (χ2v) is 15.7. The van der Waals surface area contributed by atoms with Crippen LogP contribution in [0.4, 0.5) is 0 Å². The van der Waals surface area contributed by atoms with Gasteiger partial charge in [0, 0.05) is 40.2 Å². The summed E-state index contributed by atoms with van der Waals surface area (Å²) in [6, 6.07) is 1.75. The van der Waals surface area contributed by atoms with Crippen LogP contribution in [0.25, 0.3) is 0 Å². The van der Waals surface area contributed by atoms with Gasteiger partial charge in [-0.3, -0.25) is 14.4 Å². The Morgan fingerprint density at radius 1 is 1.06 bits per heavy atom. The summed E-state index contributed by atoms with van der Waals surface area (Å²) in [5.41, 5.74) is -3.15. The lowest BCUT2D eigenvalue weighted by Crippen LogP contribution is -2.76. The number of hydrogen-bond acceptors (Lipinski definition) is 11. The normalized spacial score (nSPS) is 41.7. The quantitative estimate of drug-likeness (QED) is 0.296. The van der Waals surface area contributed by atoms with Crippen molar-refractivity contribution < 1.29 is 52.4 Å². The molecule has 0 unspecified atom stereocenters. The van der Waals surface area contributed by atoms with Crippen molar-refractivity contribution in [2.45, 2.75) is 111 Å². The van der Waals surface area contributed by atoms with E-state index in [1.807, 2.05) is 34.6 Å². The first-order chi connectivity index (χ1) is 21.9. The Bertz CT molecular complexity index is 1490. The molecular formula is C36H48O11. The fourth-order valence-electron chi connectivity index (χ4n) is 10.1. The van der Waals surface area contributed by atoms with Crippen molar-refractivity contribution in [1.82, 2.24) is 0 Å². The van der Waals surface area contributed by atoms with E-state index in [1.54, 1.807) is 33.1 Å². The van der Waals surface area contributed by atoms with Gasteiger partial charge in [0.05, 0.1) is 37.4 Å². The molecule has 1 aromatic rings. The Morgan fingerprint density at radius 3 is 2.34 bits per heavy atom. The number of fused-ring (bicyclic) bond motifs is 2. The van der Waals surface area contributed by atoms with E-state index in [1.165, 1.54) is 19.4 Å². The molecule has 6 rings (SSSR count). The highest BCUT2D eigenvalue weighted by Gasteiger charge is 2.90. The lowest BCUT2D eigenvalue weighted by atomic mass is 9.37. The number of rotatable bonds is 8. The summed E-state index contributed by atoms with van der Waals surface area (Å²) in [4.78, 5) is 53.7. The van der Waals surface area contributed by atoms with Crippen LogP contribution in [-0.2, 0) is 42.9 Å². The van der Waals surface area contributed by atoms with Gasteiger partial charge in [0.25, 0.3) is 0 Å². The molecule has 2 aliphatic carbocycles. The van der Waals surface area contributed by atoms with Crippen LogP contribution in [0.3, 0.4) is 0 Å². The van der Waals surface area contributed by atoms with E-state index in [0.29, 0.717) is 30.4 Å². The molecule has 5 aliphatic rings. The zero-order valence-corrected chi connectivity index (χ0v) is 28.8. The van der Waals surface area contributed by atoms with Crippen molar-refractivity contribution in [3.05, 3.63) is 35.8 Å². The summed E-state index contributed by atoms with van der Waals surface area (Å²) >= 11 is 0. The number of methoxy groups -OCH3 is 1. The summed E-state index contributed by atoms with van der Waals surface area (Å²) in [5, 5.41) is 13.2. The summed E-state index contributed by atoms with van der Waals surface area (Å²) < 4.78 is 36.3. The molecule has 0 amide bonds. The SMILES string of the molecule is CC[C@@H](C)C(=O)O[C@@H]1[C@@H]2[C@@H](OC(=O)C(C)C)[C@@]34O[C@]2(O)[C@@](C)([C@@H](CC(=O)OC)C1(C)C)[C@H]3CC[C@]1(C)C4=CC(=O)O[C@H]1c1ccoc1. The molecule has 11 atom stereocenters. The van der Waals surface area contributed by atoms with E-state index in [2.05, 4.69) is 0 Å². The van der Waals surface area contributed by atoms with Gasteiger partial charge in [-0.2, -0.15) is 0 Å². The zero-order valence-electron chi connectivity index (χ0n) is 28.8. The van der Waals surface area contributed by atoms with Gasteiger partial charge in [-0.1, -0.05) is 55.4 Å². The fraction of sp³-hybridized carbons (Fsp3) is 0.722. The summed E-state index contributed by atoms with van der Waals surface area (Å²) in [6.45, 7) is 14.9. The number of esters is 4. The highest BCUT2D eigenvalue weighted by Crippen LogP contribution is 2.81. The Hall–Kier alpha value is -3.18. The Morgan fingerprint density at radius 2 is 1.74 bits per heavy atom. The lowest BCUT2D eigenvalue weighted by molar-refractivity contribution is -0.326. The van der Waals surface area contributed by atoms with Gasteiger partial charge in [0.15, 0.2) is 5.79 Å². The zero-order chi connectivity index (χ0) is 34.5. The molecule has 258 valence electrons. The molecule has 1 aromatic heterocycles. The van der Waals surface area contributed by atoms with Crippen molar-refractivity contribution in [3.8, 4) is 0 Å². The number of ether oxygens (including phenoxy) is 5. The van der Waals surface area contributed by atoms with Crippen molar-refractivity contribution in [2.75, 3.05) is 7.11 Å². The molecule has 2 bridgehead atoms. The standard InChI is InChI=1S/C36H48O11/c1-10-19(4)31(40)45-28-26-29(46-30(39)18(2)3)35-21(34(8,36(26,41)47-35)22(32(28,5)6)15-24(37)42-9)11-13-33(7)23(35)16-25(38)44-27(33)20-12-14-43-17-20/h12,14,16-19,21-22,26-29,41H,10-11,13,15H2,1-9H3/t19-,21-,22+,26-,27+,28-,29-,33-,34-,35-,36+/m1/s1. The molecule has 4 fully saturated rings. The number of aliphatic hydroxyl groups is 1. The Kier molecular flexibility index (Phi) is 7.83. The van der Waals surface area contributed by atoms with Crippen molar-refractivity contribution in [3.63, 3.8) is 0 Å². The second-order valence-electron chi connectivity index (χ2n) is 15.7. The summed E-state index contributed by atoms with van der Waals surface area (Å²) in [7, 11) is 1.32. The van der Waals surface area contributed by atoms with E-state index in [9.17, 15) is 24.3 Å². The monoisotopic (exact) mass is 656 g/mol. The van der Waals surface area contributed by atoms with Crippen LogP contribution in [0.5, 0.6) is 0 Å². The Labute approximate surface area is 275 Å². The third kappa shape index (κ3) is 4.30. The average molecular weight is 657 g/mol. The molecule has 1 N–H and O–H groups in total. The van der Waals surface area contributed by atoms with Gasteiger partial charge < -0.3 is 33.2 Å². The minimum atomic E-state index is -2.02. The smallest absolute Gasteiger partial charge is 0.331 e. The van der Waals surface area contributed by atoms with Gasteiger partial charge >= 0.3 is 23.9 Å². The number of cyclic esters (lactones) is 1. The maximum atomic E-state index is 13.6. The molecule has 2 saturated carbocycles. The van der Waals surface area contributed by atoms with Crippen LogP contribution in [0.1, 0.15) is 92.7 Å². The van der Waals surface area contributed by atoms with Gasteiger partial charge in [-0.05, 0) is 36.8 Å². The van der Waals surface area contributed by atoms with Gasteiger partial charge in [-0.15, -0.1) is 0 Å². The van der Waals surface area contributed by atoms with Crippen LogP contribution >= 0.6 is 0 Å². The second kappa shape index (κ2) is 10.9. The molecule has 11 nitrogen and oxygen atoms in total. The number of carbonyl (C=O) groups excluding carboxylic acids is 4. The minimum Gasteiger partial charge on any atom is -0.472 e. The number of hydrogen-bond donors (Lipinski definition) is 1. The highest BCUT2D eigenvalue weighted by molar-refractivity contribution is 5.86. The van der Waals surface area contributed by atoms with E-state index in [-0.39, 0.29) is 6.42 Å². The predicted octanol–water partition coefficient (Wildman–Crippen LogP) is 5.06. The van der Waals surface area contributed by atoms with Gasteiger partial charge in [-0.25, -0.2) is 4.79 Å². The average Bonchev–Trinajstić information content (AvgIpc) is 3.68. The summed E-state index contributed by atoms with van der Waals surface area (Å²) in [6.07, 6.45) is 3.07. The highest BCUT2D eigenvalue weighted by atomic mass is 16.7. The van der Waals surface area contributed by atoms with E-state index in [4.69, 9.17) is 28.1 Å². The van der Waals surface area contributed by atoms with Crippen LogP contribution in [0, 0.1) is 45.8 Å². The maximum Gasteiger partial charge on any atom is 0.331 e. The van der Waals surface area contributed by atoms with Crippen molar-refractivity contribution in [2.24, 2.45) is 45.8 Å². The molecule has 4 heterocycles. The van der Waals surface area contributed by atoms with Crippen LogP contribution in [0.2, 0.25) is 0 Å². The molecule has 3 aliphatic heterocycles. The number of furan rings is 1. The van der Waals surface area contributed by atoms with Crippen molar-refractivity contribution >= 4 is 23.9 Å². The first kappa shape index (κ1) is 33.7. The largest absolute Gasteiger partial charge is 0.472 e. The van der Waals surface area contributed by atoms with E-state index in [0.717, 1.165) is 0 Å². The van der Waals surface area contributed by atoms with E-state index < -0.39 is 99.4 Å². The molecule has 1 spiro atoms. The van der Waals surface area contributed by atoms with E-state index >= 15 is 0 Å². The van der Waals surface area contributed by atoms with Crippen molar-refractivity contribution in [1.29, 1.82) is 0 Å².